The lowest BCUT2D eigenvalue weighted by Gasteiger charge is -2.08. The summed E-state index contributed by atoms with van der Waals surface area (Å²) in [6.45, 7) is 2.24. The average Bonchev–Trinajstić information content (AvgIpc) is 3.17. The van der Waals surface area contributed by atoms with Crippen molar-refractivity contribution >= 4 is 40.7 Å². The summed E-state index contributed by atoms with van der Waals surface area (Å²) in [7, 11) is 0. The Labute approximate surface area is 183 Å². The van der Waals surface area contributed by atoms with Crippen molar-refractivity contribution in [3.05, 3.63) is 64.9 Å². The maximum atomic E-state index is 12.0. The van der Waals surface area contributed by atoms with E-state index in [2.05, 4.69) is 15.7 Å². The Morgan fingerprint density at radius 3 is 2.70 bits per heavy atom. The van der Waals surface area contributed by atoms with Crippen LogP contribution in [0, 0.1) is 0 Å². The number of ether oxygens (including phenoxy) is 1. The smallest absolute Gasteiger partial charge is 0.258 e. The number of nitrogens with one attached hydrogen (secondary N) is 2. The molecule has 3 aromatic rings. The third-order valence-electron chi connectivity index (χ3n) is 4.07. The fraction of sp³-hybridized carbons (Fsp3) is 0.190. The molecule has 0 aliphatic heterocycles. The molecule has 0 aliphatic rings. The van der Waals surface area contributed by atoms with E-state index in [0.717, 1.165) is 16.8 Å². The van der Waals surface area contributed by atoms with Crippen molar-refractivity contribution in [2.45, 2.75) is 13.5 Å². The van der Waals surface area contributed by atoms with E-state index in [9.17, 15) is 9.59 Å². The monoisotopic (exact) mass is 446 g/mol. The van der Waals surface area contributed by atoms with Gasteiger partial charge in [-0.2, -0.15) is 5.10 Å². The molecule has 156 valence electrons. The zero-order valence-electron chi connectivity index (χ0n) is 16.2. The van der Waals surface area contributed by atoms with Crippen LogP contribution in [0.4, 0.5) is 5.69 Å². The number of amides is 2. The number of nitrogens with zero attached hydrogens (tertiary/aromatic N) is 2. The molecule has 0 atom stereocenters. The maximum Gasteiger partial charge on any atom is 0.258 e. The molecule has 3 rings (SSSR count). The Kier molecular flexibility index (Phi) is 7.32. The van der Waals surface area contributed by atoms with Crippen LogP contribution in [0.5, 0.6) is 5.75 Å². The molecule has 30 heavy (non-hydrogen) atoms. The number of aromatic nitrogens is 2. The summed E-state index contributed by atoms with van der Waals surface area (Å²) in [4.78, 5) is 23.2. The van der Waals surface area contributed by atoms with E-state index in [-0.39, 0.29) is 18.4 Å². The first-order valence-electron chi connectivity index (χ1n) is 9.16. The molecule has 2 N–H and O–H groups in total. The highest BCUT2D eigenvalue weighted by molar-refractivity contribution is 6.42. The molecule has 0 radical (unpaired) electrons. The number of carbonyl (C=O) groups is 2. The van der Waals surface area contributed by atoms with Crippen molar-refractivity contribution < 1.29 is 14.3 Å². The second kappa shape index (κ2) is 10.1. The Morgan fingerprint density at radius 1 is 1.10 bits per heavy atom. The van der Waals surface area contributed by atoms with Crippen molar-refractivity contribution in [3.63, 3.8) is 0 Å². The molecule has 0 bridgehead atoms. The topological polar surface area (TPSA) is 85.3 Å². The second-order valence-electron chi connectivity index (χ2n) is 6.47. The number of carbonyl (C=O) groups excluding carboxylic acids is 2. The highest BCUT2D eigenvalue weighted by Gasteiger charge is 2.07. The van der Waals surface area contributed by atoms with Crippen LogP contribution in [-0.2, 0) is 16.1 Å². The Bertz CT molecular complexity index is 1050. The molecule has 0 unspecified atom stereocenters. The lowest BCUT2D eigenvalue weighted by Crippen LogP contribution is -2.31. The molecule has 2 amide bonds. The Hall–Kier alpha value is -3.03. The van der Waals surface area contributed by atoms with Gasteiger partial charge in [-0.3, -0.25) is 14.3 Å². The minimum atomic E-state index is -0.253. The zero-order chi connectivity index (χ0) is 21.5. The molecule has 9 heteroatoms. The molecular weight excluding hydrogens is 427 g/mol. The van der Waals surface area contributed by atoms with Gasteiger partial charge in [-0.25, -0.2) is 0 Å². The predicted molar refractivity (Wildman–Crippen MR) is 117 cm³/mol. The number of halogens is 2. The fourth-order valence-electron chi connectivity index (χ4n) is 2.69. The van der Waals surface area contributed by atoms with Crippen LogP contribution >= 0.6 is 23.2 Å². The number of rotatable bonds is 8. The van der Waals surface area contributed by atoms with Gasteiger partial charge in [0.15, 0.2) is 6.61 Å². The van der Waals surface area contributed by atoms with Crippen LogP contribution in [-0.4, -0.2) is 34.7 Å². The molecule has 7 nitrogen and oxygen atoms in total. The Balaban J connectivity index is 1.46. The quantitative estimate of drug-likeness (QED) is 0.547. The molecule has 0 fully saturated rings. The van der Waals surface area contributed by atoms with E-state index >= 15 is 0 Å². The van der Waals surface area contributed by atoms with Crippen molar-refractivity contribution in [1.29, 1.82) is 0 Å². The summed E-state index contributed by atoms with van der Waals surface area (Å²) >= 11 is 11.8. The highest BCUT2D eigenvalue weighted by Crippen LogP contribution is 2.26. The van der Waals surface area contributed by atoms with Gasteiger partial charge in [-0.1, -0.05) is 35.3 Å². The van der Waals surface area contributed by atoms with E-state index in [1.54, 1.807) is 29.1 Å². The molecule has 0 aliphatic carbocycles. The normalized spacial score (nSPS) is 10.5. The first-order chi connectivity index (χ1) is 14.4. The summed E-state index contributed by atoms with van der Waals surface area (Å²) in [5, 5.41) is 10.6. The van der Waals surface area contributed by atoms with Crippen molar-refractivity contribution in [1.82, 2.24) is 15.1 Å². The van der Waals surface area contributed by atoms with Crippen LogP contribution in [0.2, 0.25) is 10.0 Å². The number of hydrogen-bond donors (Lipinski definition) is 2. The van der Waals surface area contributed by atoms with Gasteiger partial charge in [0.05, 0.1) is 22.8 Å². The minimum Gasteiger partial charge on any atom is -0.484 e. The average molecular weight is 447 g/mol. The van der Waals surface area contributed by atoms with Crippen LogP contribution < -0.4 is 15.4 Å². The van der Waals surface area contributed by atoms with Gasteiger partial charge in [0, 0.05) is 37.0 Å². The van der Waals surface area contributed by atoms with Crippen LogP contribution in [0.1, 0.15) is 6.92 Å². The maximum absolute atomic E-state index is 12.0. The molecule has 1 heterocycles. The number of benzene rings is 2. The van der Waals surface area contributed by atoms with Gasteiger partial charge < -0.3 is 15.4 Å². The van der Waals surface area contributed by atoms with E-state index < -0.39 is 0 Å². The van der Waals surface area contributed by atoms with Gasteiger partial charge >= 0.3 is 0 Å². The van der Waals surface area contributed by atoms with Gasteiger partial charge in [0.1, 0.15) is 5.75 Å². The summed E-state index contributed by atoms with van der Waals surface area (Å²) in [5.74, 6) is 0.0935. The summed E-state index contributed by atoms with van der Waals surface area (Å²) in [6.07, 6.45) is 3.62. The third kappa shape index (κ3) is 6.23. The SMILES string of the molecule is CC(=O)Nc1cccc(-c2cnn(CCNC(=O)COc3ccc(Cl)c(Cl)c3)c2)c1. The molecule has 1 aromatic heterocycles. The van der Waals surface area contributed by atoms with Gasteiger partial charge in [-0.15, -0.1) is 0 Å². The zero-order valence-corrected chi connectivity index (χ0v) is 17.7. The number of hydrogen-bond acceptors (Lipinski definition) is 4. The van der Waals surface area contributed by atoms with Crippen molar-refractivity contribution in [3.8, 4) is 16.9 Å². The molecular formula is C21H20Cl2N4O3. The summed E-state index contributed by atoms with van der Waals surface area (Å²) in [5.41, 5.74) is 2.57. The van der Waals surface area contributed by atoms with Gasteiger partial charge in [0.2, 0.25) is 5.91 Å². The van der Waals surface area contributed by atoms with E-state index in [1.165, 1.54) is 6.92 Å². The van der Waals surface area contributed by atoms with Crippen LogP contribution in [0.25, 0.3) is 11.1 Å². The van der Waals surface area contributed by atoms with Crippen LogP contribution in [0.15, 0.2) is 54.9 Å². The van der Waals surface area contributed by atoms with E-state index in [0.29, 0.717) is 28.9 Å². The third-order valence-corrected chi connectivity index (χ3v) is 4.81. The van der Waals surface area contributed by atoms with E-state index in [1.807, 2.05) is 30.5 Å². The molecule has 0 spiro atoms. The summed E-state index contributed by atoms with van der Waals surface area (Å²) in [6, 6.07) is 12.3. The standard InChI is InChI=1S/C21H20Cl2N4O3/c1-14(28)26-17-4-2-3-15(9-17)16-11-25-27(12-16)8-7-24-21(29)13-30-18-5-6-19(22)20(23)10-18/h2-6,9-12H,7-8,13H2,1H3,(H,24,29)(H,26,28). The predicted octanol–water partition coefficient (Wildman–Crippen LogP) is 4.01. The lowest BCUT2D eigenvalue weighted by atomic mass is 10.1. The largest absolute Gasteiger partial charge is 0.484 e. The lowest BCUT2D eigenvalue weighted by molar-refractivity contribution is -0.123. The Morgan fingerprint density at radius 2 is 1.93 bits per heavy atom. The first kappa shape index (κ1) is 21.7. The van der Waals surface area contributed by atoms with Crippen molar-refractivity contribution in [2.75, 3.05) is 18.5 Å². The second-order valence-corrected chi connectivity index (χ2v) is 7.28. The first-order valence-corrected chi connectivity index (χ1v) is 9.91. The molecule has 0 saturated carbocycles. The fourth-order valence-corrected chi connectivity index (χ4v) is 2.98. The highest BCUT2D eigenvalue weighted by atomic mass is 35.5. The van der Waals surface area contributed by atoms with Gasteiger partial charge in [-0.05, 0) is 29.8 Å². The molecule has 2 aromatic carbocycles. The van der Waals surface area contributed by atoms with E-state index in [4.69, 9.17) is 27.9 Å². The number of anilines is 1. The van der Waals surface area contributed by atoms with Crippen LogP contribution in [0.3, 0.4) is 0 Å². The molecule has 0 saturated heterocycles. The minimum absolute atomic E-state index is 0.123. The summed E-state index contributed by atoms with van der Waals surface area (Å²) < 4.78 is 7.14. The van der Waals surface area contributed by atoms with Gasteiger partial charge in [0.25, 0.3) is 5.91 Å². The van der Waals surface area contributed by atoms with Crippen molar-refractivity contribution in [2.24, 2.45) is 0 Å².